The van der Waals surface area contributed by atoms with E-state index < -0.39 is 22.9 Å². The van der Waals surface area contributed by atoms with E-state index >= 15 is 0 Å². The van der Waals surface area contributed by atoms with Crippen molar-refractivity contribution in [2.75, 3.05) is 11.1 Å². The normalized spacial score (nSPS) is 12.7. The van der Waals surface area contributed by atoms with Crippen LogP contribution in [0.1, 0.15) is 18.2 Å². The molecule has 0 aliphatic carbocycles. The molecule has 128 valence electrons. The van der Waals surface area contributed by atoms with Crippen molar-refractivity contribution in [2.24, 2.45) is 0 Å². The van der Waals surface area contributed by atoms with Crippen LogP contribution in [0.15, 0.2) is 35.5 Å². The quantitative estimate of drug-likeness (QED) is 0.647. The molecule has 0 fully saturated rings. The summed E-state index contributed by atoms with van der Waals surface area (Å²) < 4.78 is 38.0. The Kier molecular flexibility index (Phi) is 5.33. The number of carbonyl (C=O) groups excluding carboxylic acids is 1. The predicted molar refractivity (Wildman–Crippen MR) is 86.6 cm³/mol. The molecule has 0 radical (unpaired) electrons. The Labute approximate surface area is 140 Å². The van der Waals surface area contributed by atoms with Crippen LogP contribution < -0.4 is 11.1 Å². The van der Waals surface area contributed by atoms with Crippen LogP contribution in [0, 0.1) is 6.92 Å². The number of alkyl halides is 3. The predicted octanol–water partition coefficient (Wildman–Crippen LogP) is 3.51. The molecule has 9 heteroatoms. The van der Waals surface area contributed by atoms with Crippen LogP contribution in [0.25, 0.3) is 0 Å². The van der Waals surface area contributed by atoms with Gasteiger partial charge in [-0.25, -0.2) is 9.97 Å². The van der Waals surface area contributed by atoms with E-state index in [0.717, 1.165) is 23.9 Å². The van der Waals surface area contributed by atoms with Gasteiger partial charge in [-0.2, -0.15) is 13.2 Å². The minimum Gasteiger partial charge on any atom is -0.384 e. The van der Waals surface area contributed by atoms with Crippen molar-refractivity contribution >= 4 is 29.2 Å². The number of rotatable bonds is 4. The van der Waals surface area contributed by atoms with Gasteiger partial charge in [-0.3, -0.25) is 4.79 Å². The molecule has 0 unspecified atom stereocenters. The number of aromatic nitrogens is 2. The maximum Gasteiger partial charge on any atom is 0.416 e. The Morgan fingerprint density at radius 2 is 2.00 bits per heavy atom. The fourth-order valence-corrected chi connectivity index (χ4v) is 2.68. The second-order valence-electron chi connectivity index (χ2n) is 5.04. The largest absolute Gasteiger partial charge is 0.416 e. The number of benzene rings is 1. The van der Waals surface area contributed by atoms with Crippen LogP contribution in [0.4, 0.5) is 24.7 Å². The third kappa shape index (κ3) is 4.85. The molecular formula is C15H15F3N4OS. The first-order valence-corrected chi connectivity index (χ1v) is 7.79. The first-order chi connectivity index (χ1) is 11.1. The number of thioether (sulfide) groups is 1. The summed E-state index contributed by atoms with van der Waals surface area (Å²) >= 11 is 1.07. The standard InChI is InChI=1S/C15H15F3N4OS/c1-8-6-12(19)22-14(20-8)24-9(2)13(23)21-11-5-3-4-10(7-11)15(16,17)18/h3-7,9H,1-2H3,(H,21,23)(H2,19,20,22)/t9-/m0/s1. The SMILES string of the molecule is Cc1cc(N)nc(S[C@@H](C)C(=O)Nc2cccc(C(F)(F)F)c2)n1. The van der Waals surface area contributed by atoms with Crippen LogP contribution in [0.3, 0.4) is 0 Å². The Bertz CT molecular complexity index is 731. The number of amides is 1. The summed E-state index contributed by atoms with van der Waals surface area (Å²) in [7, 11) is 0. The molecule has 1 aromatic heterocycles. The van der Waals surface area contributed by atoms with Gasteiger partial charge in [0.1, 0.15) is 5.82 Å². The van der Waals surface area contributed by atoms with Crippen LogP contribution in [-0.2, 0) is 11.0 Å². The zero-order chi connectivity index (χ0) is 17.9. The molecule has 5 nitrogen and oxygen atoms in total. The fraction of sp³-hybridized carbons (Fsp3) is 0.267. The molecule has 1 amide bonds. The molecular weight excluding hydrogens is 341 g/mol. The number of nitrogens with zero attached hydrogens (tertiary/aromatic N) is 2. The summed E-state index contributed by atoms with van der Waals surface area (Å²) in [6.07, 6.45) is -4.46. The molecule has 1 atom stereocenters. The van der Waals surface area contributed by atoms with E-state index in [-0.39, 0.29) is 11.5 Å². The highest BCUT2D eigenvalue weighted by Gasteiger charge is 2.30. The van der Waals surface area contributed by atoms with Gasteiger partial charge < -0.3 is 11.1 Å². The molecule has 0 spiro atoms. The van der Waals surface area contributed by atoms with Gasteiger partial charge >= 0.3 is 6.18 Å². The number of anilines is 2. The topological polar surface area (TPSA) is 80.9 Å². The number of nitrogen functional groups attached to an aromatic ring is 1. The van der Waals surface area contributed by atoms with E-state index in [0.29, 0.717) is 10.9 Å². The van der Waals surface area contributed by atoms with Crippen molar-refractivity contribution in [1.82, 2.24) is 9.97 Å². The summed E-state index contributed by atoms with van der Waals surface area (Å²) in [5.41, 5.74) is 5.54. The summed E-state index contributed by atoms with van der Waals surface area (Å²) in [5, 5.41) is 2.18. The molecule has 1 aromatic carbocycles. The van der Waals surface area contributed by atoms with E-state index in [1.165, 1.54) is 12.1 Å². The lowest BCUT2D eigenvalue weighted by atomic mass is 10.2. The molecule has 24 heavy (non-hydrogen) atoms. The molecule has 2 rings (SSSR count). The molecule has 1 heterocycles. The van der Waals surface area contributed by atoms with Crippen LogP contribution in [0.5, 0.6) is 0 Å². The number of carbonyl (C=O) groups is 1. The zero-order valence-electron chi connectivity index (χ0n) is 12.9. The van der Waals surface area contributed by atoms with E-state index in [4.69, 9.17) is 5.73 Å². The highest BCUT2D eigenvalue weighted by molar-refractivity contribution is 8.00. The van der Waals surface area contributed by atoms with Crippen molar-refractivity contribution < 1.29 is 18.0 Å². The lowest BCUT2D eigenvalue weighted by molar-refractivity contribution is -0.137. The molecule has 0 bridgehead atoms. The number of nitrogens with one attached hydrogen (secondary N) is 1. The molecule has 0 saturated heterocycles. The maximum absolute atomic E-state index is 12.7. The van der Waals surface area contributed by atoms with Crippen molar-refractivity contribution in [3.63, 3.8) is 0 Å². The zero-order valence-corrected chi connectivity index (χ0v) is 13.7. The Hall–Kier alpha value is -2.29. The van der Waals surface area contributed by atoms with Gasteiger partial charge in [0.25, 0.3) is 0 Å². The third-order valence-electron chi connectivity index (χ3n) is 2.96. The molecule has 2 aromatic rings. The highest BCUT2D eigenvalue weighted by atomic mass is 32.2. The lowest BCUT2D eigenvalue weighted by Crippen LogP contribution is -2.23. The fourth-order valence-electron chi connectivity index (χ4n) is 1.85. The van der Waals surface area contributed by atoms with Crippen molar-refractivity contribution in [3.8, 4) is 0 Å². The lowest BCUT2D eigenvalue weighted by Gasteiger charge is -2.13. The van der Waals surface area contributed by atoms with E-state index in [2.05, 4.69) is 15.3 Å². The first kappa shape index (κ1) is 18.1. The minimum atomic E-state index is -4.46. The Morgan fingerprint density at radius 3 is 2.62 bits per heavy atom. The van der Waals surface area contributed by atoms with Gasteiger partial charge in [-0.05, 0) is 32.0 Å². The van der Waals surface area contributed by atoms with Crippen molar-refractivity contribution in [1.29, 1.82) is 0 Å². The summed E-state index contributed by atoms with van der Waals surface area (Å²) in [6, 6.07) is 6.05. The van der Waals surface area contributed by atoms with E-state index in [1.54, 1.807) is 19.9 Å². The van der Waals surface area contributed by atoms with Gasteiger partial charge in [-0.15, -0.1) is 0 Å². The Morgan fingerprint density at radius 1 is 1.29 bits per heavy atom. The van der Waals surface area contributed by atoms with Crippen LogP contribution in [0.2, 0.25) is 0 Å². The minimum absolute atomic E-state index is 0.0759. The molecule has 3 N–H and O–H groups in total. The van der Waals surface area contributed by atoms with E-state index in [1.807, 2.05) is 0 Å². The van der Waals surface area contributed by atoms with Gasteiger partial charge in [0.15, 0.2) is 5.16 Å². The number of nitrogens with two attached hydrogens (primary N) is 1. The highest BCUT2D eigenvalue weighted by Crippen LogP contribution is 2.31. The molecule has 0 aliphatic heterocycles. The van der Waals surface area contributed by atoms with Crippen LogP contribution >= 0.6 is 11.8 Å². The van der Waals surface area contributed by atoms with Crippen molar-refractivity contribution in [3.05, 3.63) is 41.6 Å². The summed E-state index contributed by atoms with van der Waals surface area (Å²) in [4.78, 5) is 20.3. The monoisotopic (exact) mass is 356 g/mol. The van der Waals surface area contributed by atoms with Crippen LogP contribution in [-0.4, -0.2) is 21.1 Å². The average Bonchev–Trinajstić information content (AvgIpc) is 2.45. The van der Waals surface area contributed by atoms with Gasteiger partial charge in [0, 0.05) is 17.4 Å². The smallest absolute Gasteiger partial charge is 0.384 e. The second-order valence-corrected chi connectivity index (χ2v) is 6.35. The van der Waals surface area contributed by atoms with Crippen molar-refractivity contribution in [2.45, 2.75) is 30.4 Å². The maximum atomic E-state index is 12.7. The van der Waals surface area contributed by atoms with E-state index in [9.17, 15) is 18.0 Å². The molecule has 0 saturated carbocycles. The van der Waals surface area contributed by atoms with Gasteiger partial charge in [0.2, 0.25) is 5.91 Å². The number of aryl methyl sites for hydroxylation is 1. The number of halogens is 3. The van der Waals surface area contributed by atoms with Gasteiger partial charge in [0.05, 0.1) is 10.8 Å². The first-order valence-electron chi connectivity index (χ1n) is 6.91. The average molecular weight is 356 g/mol. The summed E-state index contributed by atoms with van der Waals surface area (Å²) in [6.45, 7) is 3.35. The molecule has 0 aliphatic rings. The third-order valence-corrected chi connectivity index (χ3v) is 3.92. The Balaban J connectivity index is 2.06. The summed E-state index contributed by atoms with van der Waals surface area (Å²) in [5.74, 6) is -0.168. The second kappa shape index (κ2) is 7.08. The van der Waals surface area contributed by atoms with Gasteiger partial charge in [-0.1, -0.05) is 17.8 Å². The number of hydrogen-bond acceptors (Lipinski definition) is 5. The number of hydrogen-bond donors (Lipinski definition) is 2.